The molecule has 90 valence electrons. The minimum Gasteiger partial charge on any atom is -0.346 e. The lowest BCUT2D eigenvalue weighted by Gasteiger charge is -2.25. The Balaban J connectivity index is 2.14. The molecule has 0 radical (unpaired) electrons. The SMILES string of the molecule is CCCc1nc(N2CCSCC2)sc1CN. The first-order chi connectivity index (χ1) is 7.85. The predicted octanol–water partition coefficient (Wildman–Crippen LogP) is 2.11. The number of aromatic nitrogens is 1. The first-order valence-corrected chi connectivity index (χ1v) is 7.83. The summed E-state index contributed by atoms with van der Waals surface area (Å²) in [6.07, 6.45) is 2.21. The molecule has 0 unspecified atom stereocenters. The zero-order valence-electron chi connectivity index (χ0n) is 9.74. The van der Waals surface area contributed by atoms with Crippen molar-refractivity contribution in [2.24, 2.45) is 5.73 Å². The van der Waals surface area contributed by atoms with E-state index in [9.17, 15) is 0 Å². The fourth-order valence-corrected chi connectivity index (χ4v) is 3.79. The second-order valence-electron chi connectivity index (χ2n) is 3.92. The van der Waals surface area contributed by atoms with Gasteiger partial charge in [-0.2, -0.15) is 11.8 Å². The van der Waals surface area contributed by atoms with Crippen LogP contribution in [-0.4, -0.2) is 29.6 Å². The van der Waals surface area contributed by atoms with Gasteiger partial charge in [0, 0.05) is 36.0 Å². The maximum atomic E-state index is 5.77. The van der Waals surface area contributed by atoms with Crippen LogP contribution in [0.4, 0.5) is 5.13 Å². The summed E-state index contributed by atoms with van der Waals surface area (Å²) in [6, 6.07) is 0. The normalized spacial score (nSPS) is 16.8. The highest BCUT2D eigenvalue weighted by Gasteiger charge is 2.17. The number of nitrogens with zero attached hydrogens (tertiary/aromatic N) is 2. The van der Waals surface area contributed by atoms with Crippen molar-refractivity contribution in [1.29, 1.82) is 0 Å². The Morgan fingerprint density at radius 3 is 2.75 bits per heavy atom. The average Bonchev–Trinajstić information content (AvgIpc) is 2.74. The van der Waals surface area contributed by atoms with Gasteiger partial charge in [0.1, 0.15) is 0 Å². The summed E-state index contributed by atoms with van der Waals surface area (Å²) in [6.45, 7) is 5.09. The number of thiazole rings is 1. The molecule has 0 saturated carbocycles. The van der Waals surface area contributed by atoms with E-state index in [-0.39, 0.29) is 0 Å². The summed E-state index contributed by atoms with van der Waals surface area (Å²) in [5.74, 6) is 2.45. The van der Waals surface area contributed by atoms with Gasteiger partial charge in [0.15, 0.2) is 5.13 Å². The topological polar surface area (TPSA) is 42.2 Å². The van der Waals surface area contributed by atoms with Crippen LogP contribution in [0, 0.1) is 0 Å². The fraction of sp³-hybridized carbons (Fsp3) is 0.727. The molecular formula is C11H19N3S2. The summed E-state index contributed by atoms with van der Waals surface area (Å²) >= 11 is 3.82. The number of aryl methyl sites for hydroxylation is 1. The van der Waals surface area contributed by atoms with E-state index in [2.05, 4.69) is 11.8 Å². The summed E-state index contributed by atoms with van der Waals surface area (Å²) in [5, 5.41) is 1.18. The molecular weight excluding hydrogens is 238 g/mol. The Hall–Kier alpha value is -0.260. The van der Waals surface area contributed by atoms with Gasteiger partial charge in [0.05, 0.1) is 5.69 Å². The minimum atomic E-state index is 0.635. The first-order valence-electron chi connectivity index (χ1n) is 5.86. The fourth-order valence-electron chi connectivity index (χ4n) is 1.85. The summed E-state index contributed by atoms with van der Waals surface area (Å²) < 4.78 is 0. The first kappa shape index (κ1) is 12.2. The summed E-state index contributed by atoms with van der Waals surface area (Å²) in [5.41, 5.74) is 7.00. The van der Waals surface area contributed by atoms with Gasteiger partial charge in [-0.3, -0.25) is 0 Å². The number of rotatable bonds is 4. The Labute approximate surface area is 105 Å². The van der Waals surface area contributed by atoms with E-state index in [4.69, 9.17) is 10.7 Å². The average molecular weight is 257 g/mol. The lowest BCUT2D eigenvalue weighted by molar-refractivity contribution is 0.830. The number of nitrogens with two attached hydrogens (primary N) is 1. The molecule has 2 N–H and O–H groups in total. The lowest BCUT2D eigenvalue weighted by Crippen LogP contribution is -2.32. The maximum absolute atomic E-state index is 5.77. The van der Waals surface area contributed by atoms with Gasteiger partial charge in [-0.1, -0.05) is 13.3 Å². The van der Waals surface area contributed by atoms with E-state index in [1.165, 1.54) is 27.2 Å². The molecule has 1 aromatic rings. The van der Waals surface area contributed by atoms with E-state index in [1.807, 2.05) is 11.8 Å². The van der Waals surface area contributed by atoms with Crippen LogP contribution in [0.5, 0.6) is 0 Å². The molecule has 16 heavy (non-hydrogen) atoms. The van der Waals surface area contributed by atoms with Crippen molar-refractivity contribution in [3.63, 3.8) is 0 Å². The molecule has 0 spiro atoms. The van der Waals surface area contributed by atoms with Crippen molar-refractivity contribution < 1.29 is 0 Å². The van der Waals surface area contributed by atoms with E-state index < -0.39 is 0 Å². The van der Waals surface area contributed by atoms with Crippen molar-refractivity contribution in [2.75, 3.05) is 29.5 Å². The van der Waals surface area contributed by atoms with E-state index >= 15 is 0 Å². The van der Waals surface area contributed by atoms with Gasteiger partial charge in [-0.15, -0.1) is 11.3 Å². The van der Waals surface area contributed by atoms with Crippen molar-refractivity contribution in [1.82, 2.24) is 4.98 Å². The van der Waals surface area contributed by atoms with Gasteiger partial charge in [0.2, 0.25) is 0 Å². The van der Waals surface area contributed by atoms with Gasteiger partial charge in [-0.05, 0) is 6.42 Å². The molecule has 0 amide bonds. The molecule has 0 atom stereocenters. The standard InChI is InChI=1S/C11H19N3S2/c1-2-3-9-10(8-12)16-11(13-9)14-4-6-15-7-5-14/h2-8,12H2,1H3. The highest BCUT2D eigenvalue weighted by molar-refractivity contribution is 7.99. The molecule has 0 aromatic carbocycles. The largest absolute Gasteiger partial charge is 0.346 e. The van der Waals surface area contributed by atoms with E-state index in [0.29, 0.717) is 6.54 Å². The molecule has 1 aromatic heterocycles. The Morgan fingerprint density at radius 1 is 1.38 bits per heavy atom. The van der Waals surface area contributed by atoms with Crippen LogP contribution in [0.3, 0.4) is 0 Å². The summed E-state index contributed by atoms with van der Waals surface area (Å²) in [7, 11) is 0. The maximum Gasteiger partial charge on any atom is 0.185 e. The molecule has 1 aliphatic heterocycles. The van der Waals surface area contributed by atoms with Crippen molar-refractivity contribution in [2.45, 2.75) is 26.3 Å². The Kier molecular flexibility index (Phi) is 4.49. The number of hydrogen-bond acceptors (Lipinski definition) is 5. The zero-order valence-corrected chi connectivity index (χ0v) is 11.4. The van der Waals surface area contributed by atoms with Crippen LogP contribution >= 0.6 is 23.1 Å². The smallest absolute Gasteiger partial charge is 0.185 e. The van der Waals surface area contributed by atoms with E-state index in [0.717, 1.165) is 25.9 Å². The lowest BCUT2D eigenvalue weighted by atomic mass is 10.2. The van der Waals surface area contributed by atoms with Gasteiger partial charge >= 0.3 is 0 Å². The highest BCUT2D eigenvalue weighted by atomic mass is 32.2. The number of thioether (sulfide) groups is 1. The second-order valence-corrected chi connectivity index (χ2v) is 6.21. The third-order valence-electron chi connectivity index (χ3n) is 2.72. The highest BCUT2D eigenvalue weighted by Crippen LogP contribution is 2.28. The number of hydrogen-bond donors (Lipinski definition) is 1. The van der Waals surface area contributed by atoms with Crippen LogP contribution in [0.1, 0.15) is 23.9 Å². The molecule has 2 heterocycles. The van der Waals surface area contributed by atoms with Crippen LogP contribution in [0.25, 0.3) is 0 Å². The third-order valence-corrected chi connectivity index (χ3v) is 4.84. The van der Waals surface area contributed by atoms with Gasteiger partial charge in [-0.25, -0.2) is 4.98 Å². The van der Waals surface area contributed by atoms with Crippen molar-refractivity contribution in [3.05, 3.63) is 10.6 Å². The monoisotopic (exact) mass is 257 g/mol. The second kappa shape index (κ2) is 5.89. The molecule has 3 nitrogen and oxygen atoms in total. The Bertz CT molecular complexity index is 332. The van der Waals surface area contributed by atoms with Crippen molar-refractivity contribution >= 4 is 28.2 Å². The predicted molar refractivity (Wildman–Crippen MR) is 73.5 cm³/mol. The van der Waals surface area contributed by atoms with E-state index in [1.54, 1.807) is 11.3 Å². The molecule has 1 fully saturated rings. The van der Waals surface area contributed by atoms with Crippen LogP contribution in [0.15, 0.2) is 0 Å². The van der Waals surface area contributed by atoms with Crippen LogP contribution in [-0.2, 0) is 13.0 Å². The molecule has 0 bridgehead atoms. The molecule has 0 aliphatic carbocycles. The minimum absolute atomic E-state index is 0.635. The van der Waals surface area contributed by atoms with Gasteiger partial charge in [0.25, 0.3) is 0 Å². The molecule has 1 saturated heterocycles. The van der Waals surface area contributed by atoms with Gasteiger partial charge < -0.3 is 10.6 Å². The third kappa shape index (κ3) is 2.70. The molecule has 1 aliphatic rings. The van der Waals surface area contributed by atoms with Crippen LogP contribution in [0.2, 0.25) is 0 Å². The zero-order chi connectivity index (χ0) is 11.4. The number of anilines is 1. The summed E-state index contributed by atoms with van der Waals surface area (Å²) in [4.78, 5) is 8.43. The molecule has 5 heteroatoms. The quantitative estimate of drug-likeness (QED) is 0.897. The van der Waals surface area contributed by atoms with Crippen LogP contribution < -0.4 is 10.6 Å². The molecule has 2 rings (SSSR count). The Morgan fingerprint density at radius 2 is 2.12 bits per heavy atom. The van der Waals surface area contributed by atoms with Crippen molar-refractivity contribution in [3.8, 4) is 0 Å².